The number of aryl methyl sites for hydroxylation is 1. The van der Waals surface area contributed by atoms with Crippen LogP contribution in [0.5, 0.6) is 11.5 Å². The summed E-state index contributed by atoms with van der Waals surface area (Å²) in [5.74, 6) is 0.647. The molecule has 0 aliphatic heterocycles. The third-order valence-corrected chi connectivity index (χ3v) is 3.42. The van der Waals surface area contributed by atoms with Crippen LogP contribution in [0.4, 0.5) is 0 Å². The lowest BCUT2D eigenvalue weighted by atomic mass is 10.1. The summed E-state index contributed by atoms with van der Waals surface area (Å²) in [5, 5.41) is 14.3. The fourth-order valence-corrected chi connectivity index (χ4v) is 2.26. The van der Waals surface area contributed by atoms with Crippen LogP contribution in [0.3, 0.4) is 0 Å². The summed E-state index contributed by atoms with van der Waals surface area (Å²) in [7, 11) is 1.55. The lowest BCUT2D eigenvalue weighted by Crippen LogP contribution is -1.92. The van der Waals surface area contributed by atoms with Crippen molar-refractivity contribution in [1.29, 1.82) is 0 Å². The van der Waals surface area contributed by atoms with Crippen LogP contribution < -0.4 is 4.74 Å². The van der Waals surface area contributed by atoms with Crippen molar-refractivity contribution in [2.75, 3.05) is 7.11 Å². The van der Waals surface area contributed by atoms with E-state index < -0.39 is 0 Å². The zero-order valence-corrected chi connectivity index (χ0v) is 11.9. The van der Waals surface area contributed by atoms with Gasteiger partial charge >= 0.3 is 0 Å². The van der Waals surface area contributed by atoms with E-state index in [1.54, 1.807) is 13.3 Å². The molecule has 3 rings (SSSR count). The molecule has 0 amide bonds. The first-order valence-corrected chi connectivity index (χ1v) is 6.67. The summed E-state index contributed by atoms with van der Waals surface area (Å²) in [6, 6.07) is 13.7. The van der Waals surface area contributed by atoms with E-state index in [4.69, 9.17) is 4.74 Å². The van der Waals surface area contributed by atoms with Crippen LogP contribution in [-0.4, -0.2) is 22.0 Å². The maximum Gasteiger partial charge on any atom is 0.161 e. The van der Waals surface area contributed by atoms with Gasteiger partial charge in [0.1, 0.15) is 0 Å². The third-order valence-electron chi connectivity index (χ3n) is 3.42. The van der Waals surface area contributed by atoms with Gasteiger partial charge in [0.15, 0.2) is 11.5 Å². The maximum absolute atomic E-state index is 9.91. The molecule has 0 bridgehead atoms. The van der Waals surface area contributed by atoms with Gasteiger partial charge in [-0.15, -0.1) is 0 Å². The molecule has 0 aliphatic rings. The molecule has 2 aromatic carbocycles. The van der Waals surface area contributed by atoms with Crippen molar-refractivity contribution in [3.05, 3.63) is 60.4 Å². The number of para-hydroxylation sites is 1. The van der Waals surface area contributed by atoms with Crippen LogP contribution in [0.15, 0.2) is 54.9 Å². The molecule has 0 saturated heterocycles. The molecule has 106 valence electrons. The van der Waals surface area contributed by atoms with E-state index in [2.05, 4.69) is 5.10 Å². The highest BCUT2D eigenvalue weighted by Gasteiger charge is 2.10. The second-order valence-corrected chi connectivity index (χ2v) is 4.85. The molecule has 1 aromatic heterocycles. The van der Waals surface area contributed by atoms with Crippen molar-refractivity contribution in [3.63, 3.8) is 0 Å². The average molecular weight is 280 g/mol. The van der Waals surface area contributed by atoms with Crippen LogP contribution in [0, 0.1) is 6.92 Å². The second-order valence-electron chi connectivity index (χ2n) is 4.85. The summed E-state index contributed by atoms with van der Waals surface area (Å²) in [6.07, 6.45) is 3.76. The highest BCUT2D eigenvalue weighted by molar-refractivity contribution is 5.68. The SMILES string of the molecule is COc1cc(-c2cnn(-c3ccccc3)c2)cc(C)c1O. The highest BCUT2D eigenvalue weighted by atomic mass is 16.5. The van der Waals surface area contributed by atoms with E-state index in [-0.39, 0.29) is 5.75 Å². The van der Waals surface area contributed by atoms with Gasteiger partial charge in [0, 0.05) is 11.8 Å². The lowest BCUT2D eigenvalue weighted by molar-refractivity contribution is 0.372. The molecule has 0 radical (unpaired) electrons. The number of rotatable bonds is 3. The zero-order chi connectivity index (χ0) is 14.8. The van der Waals surface area contributed by atoms with Gasteiger partial charge in [-0.3, -0.25) is 0 Å². The van der Waals surface area contributed by atoms with Crippen molar-refractivity contribution in [2.24, 2.45) is 0 Å². The summed E-state index contributed by atoms with van der Waals surface area (Å²) in [6.45, 7) is 1.85. The average Bonchev–Trinajstić information content (AvgIpc) is 3.00. The lowest BCUT2D eigenvalue weighted by Gasteiger charge is -2.08. The molecule has 4 nitrogen and oxygen atoms in total. The molecule has 0 spiro atoms. The predicted molar refractivity (Wildman–Crippen MR) is 82.0 cm³/mol. The molecule has 0 saturated carbocycles. The second kappa shape index (κ2) is 5.32. The summed E-state index contributed by atoms with van der Waals surface area (Å²) in [5.41, 5.74) is 3.72. The van der Waals surface area contributed by atoms with Gasteiger partial charge in [-0.2, -0.15) is 5.10 Å². The molecule has 1 heterocycles. The Bertz CT molecular complexity index is 764. The number of hydrogen-bond acceptors (Lipinski definition) is 3. The van der Waals surface area contributed by atoms with E-state index in [9.17, 15) is 5.11 Å². The van der Waals surface area contributed by atoms with E-state index in [0.717, 1.165) is 22.4 Å². The molecule has 0 atom stereocenters. The number of phenols is 1. The normalized spacial score (nSPS) is 10.6. The Hall–Kier alpha value is -2.75. The zero-order valence-electron chi connectivity index (χ0n) is 11.9. The molecule has 4 heteroatoms. The monoisotopic (exact) mass is 280 g/mol. The van der Waals surface area contributed by atoms with Gasteiger partial charge in [0.25, 0.3) is 0 Å². The number of ether oxygens (including phenoxy) is 1. The summed E-state index contributed by atoms with van der Waals surface area (Å²) in [4.78, 5) is 0. The number of aromatic hydroxyl groups is 1. The fourth-order valence-electron chi connectivity index (χ4n) is 2.26. The van der Waals surface area contributed by atoms with Gasteiger partial charge in [-0.25, -0.2) is 4.68 Å². The van der Waals surface area contributed by atoms with Crippen LogP contribution in [-0.2, 0) is 0 Å². The number of phenolic OH excluding ortho intramolecular Hbond substituents is 1. The van der Waals surface area contributed by atoms with Gasteiger partial charge in [-0.05, 0) is 42.3 Å². The van der Waals surface area contributed by atoms with Crippen molar-refractivity contribution >= 4 is 0 Å². The predicted octanol–water partition coefficient (Wildman–Crippen LogP) is 3.56. The van der Waals surface area contributed by atoms with Gasteiger partial charge in [0.05, 0.1) is 19.0 Å². The Morgan fingerprint density at radius 3 is 2.57 bits per heavy atom. The Kier molecular flexibility index (Phi) is 3.36. The van der Waals surface area contributed by atoms with Crippen molar-refractivity contribution < 1.29 is 9.84 Å². The van der Waals surface area contributed by atoms with E-state index in [1.807, 2.05) is 60.3 Å². The van der Waals surface area contributed by atoms with Crippen LogP contribution in [0.1, 0.15) is 5.56 Å². The van der Waals surface area contributed by atoms with Crippen LogP contribution in [0.25, 0.3) is 16.8 Å². The first-order valence-electron chi connectivity index (χ1n) is 6.67. The Balaban J connectivity index is 2.03. The Morgan fingerprint density at radius 2 is 1.86 bits per heavy atom. The number of aromatic nitrogens is 2. The minimum Gasteiger partial charge on any atom is -0.504 e. The number of benzene rings is 2. The fraction of sp³-hybridized carbons (Fsp3) is 0.118. The van der Waals surface area contributed by atoms with E-state index in [1.165, 1.54) is 0 Å². The molecular weight excluding hydrogens is 264 g/mol. The molecule has 0 unspecified atom stereocenters. The molecule has 21 heavy (non-hydrogen) atoms. The number of methoxy groups -OCH3 is 1. The van der Waals surface area contributed by atoms with Crippen molar-refractivity contribution in [3.8, 4) is 28.3 Å². The first-order chi connectivity index (χ1) is 10.2. The Labute approximate surface area is 123 Å². The third kappa shape index (κ3) is 2.48. The van der Waals surface area contributed by atoms with E-state index >= 15 is 0 Å². The van der Waals surface area contributed by atoms with Gasteiger partial charge in [-0.1, -0.05) is 18.2 Å². The van der Waals surface area contributed by atoms with Crippen LogP contribution in [0.2, 0.25) is 0 Å². The minimum atomic E-state index is 0.178. The topological polar surface area (TPSA) is 47.3 Å². The number of nitrogens with zero attached hydrogens (tertiary/aromatic N) is 2. The quantitative estimate of drug-likeness (QED) is 0.798. The number of hydrogen-bond donors (Lipinski definition) is 1. The molecule has 0 aliphatic carbocycles. The molecule has 1 N–H and O–H groups in total. The standard InChI is InChI=1S/C17H16N2O2/c1-12-8-13(9-16(21-2)17(12)20)14-10-18-19(11-14)15-6-4-3-5-7-15/h3-11,20H,1-2H3. The molecule has 0 fully saturated rings. The van der Waals surface area contributed by atoms with Gasteiger partial charge < -0.3 is 9.84 Å². The largest absolute Gasteiger partial charge is 0.504 e. The Morgan fingerprint density at radius 1 is 1.10 bits per heavy atom. The highest BCUT2D eigenvalue weighted by Crippen LogP contribution is 2.34. The molecular formula is C17H16N2O2. The molecule has 3 aromatic rings. The van der Waals surface area contributed by atoms with Gasteiger partial charge in [0.2, 0.25) is 0 Å². The summed E-state index contributed by atoms with van der Waals surface area (Å²) >= 11 is 0. The van der Waals surface area contributed by atoms with E-state index in [0.29, 0.717) is 5.75 Å². The smallest absolute Gasteiger partial charge is 0.161 e. The van der Waals surface area contributed by atoms with Crippen molar-refractivity contribution in [2.45, 2.75) is 6.92 Å². The maximum atomic E-state index is 9.91. The minimum absolute atomic E-state index is 0.178. The summed E-state index contributed by atoms with van der Waals surface area (Å²) < 4.78 is 7.03. The van der Waals surface area contributed by atoms with Crippen molar-refractivity contribution in [1.82, 2.24) is 9.78 Å². The van der Waals surface area contributed by atoms with Crippen LogP contribution >= 0.6 is 0 Å². The first kappa shape index (κ1) is 13.2.